The number of thioether (sulfide) groups is 1. The Kier molecular flexibility index (Phi) is 7.39. The number of halogens is 1. The van der Waals surface area contributed by atoms with Crippen LogP contribution in [-0.4, -0.2) is 76.7 Å². The molecule has 0 unspecified atom stereocenters. The SMILES string of the molecule is CC(C)(O/N=C(\C(=O)N[C@@H]1C(=O)N2C(C(=O)O)=C(C[n+]3ccn4cc(Cl)ccc43)CS[C@H]12)c1csc(N)n1)C(=O)O. The highest BCUT2D eigenvalue weighted by Crippen LogP contribution is 2.40. The second-order valence-corrected chi connectivity index (χ2v) is 12.0. The van der Waals surface area contributed by atoms with Crippen LogP contribution in [0, 0.1) is 0 Å². The lowest BCUT2D eigenvalue weighted by Crippen LogP contribution is -2.71. The van der Waals surface area contributed by atoms with E-state index in [1.165, 1.54) is 31.0 Å². The lowest BCUT2D eigenvalue weighted by molar-refractivity contribution is -0.662. The van der Waals surface area contributed by atoms with Gasteiger partial charge in [-0.1, -0.05) is 16.8 Å². The van der Waals surface area contributed by atoms with Gasteiger partial charge in [-0.05, 0) is 19.9 Å². The average Bonchev–Trinajstić information content (AvgIpc) is 3.52. The van der Waals surface area contributed by atoms with E-state index in [1.54, 1.807) is 35.1 Å². The number of carboxylic acids is 2. The van der Waals surface area contributed by atoms with E-state index in [4.69, 9.17) is 22.2 Å². The second-order valence-electron chi connectivity index (χ2n) is 9.57. The van der Waals surface area contributed by atoms with Gasteiger partial charge in [0, 0.05) is 22.8 Å². The van der Waals surface area contributed by atoms with Gasteiger partial charge in [-0.15, -0.1) is 23.1 Å². The Morgan fingerprint density at radius 1 is 1.34 bits per heavy atom. The molecule has 0 aliphatic carbocycles. The number of amides is 2. The van der Waals surface area contributed by atoms with Crippen LogP contribution in [0.1, 0.15) is 19.5 Å². The van der Waals surface area contributed by atoms with Gasteiger partial charge in [0.2, 0.25) is 5.60 Å². The molecule has 0 saturated carbocycles. The van der Waals surface area contributed by atoms with Crippen molar-refractivity contribution in [3.05, 3.63) is 58.1 Å². The fraction of sp³-hybridized carbons (Fsp3) is 0.292. The van der Waals surface area contributed by atoms with Crippen LogP contribution in [0.25, 0.3) is 5.65 Å². The summed E-state index contributed by atoms with van der Waals surface area (Å²) in [5.74, 6) is -3.77. The number of imidazole rings is 1. The molecule has 17 heteroatoms. The number of nitrogens with one attached hydrogen (secondary N) is 1. The summed E-state index contributed by atoms with van der Waals surface area (Å²) in [6, 6.07) is 2.46. The normalized spacial score (nSPS) is 19.1. The molecule has 214 valence electrons. The highest BCUT2D eigenvalue weighted by atomic mass is 35.5. The number of nitrogens with zero attached hydrogens (tertiary/aromatic N) is 5. The van der Waals surface area contributed by atoms with Gasteiger partial charge in [-0.2, -0.15) is 0 Å². The van der Waals surface area contributed by atoms with Crippen LogP contribution in [0.15, 0.2) is 52.5 Å². The summed E-state index contributed by atoms with van der Waals surface area (Å²) in [4.78, 5) is 60.5. The predicted molar refractivity (Wildman–Crippen MR) is 148 cm³/mol. The summed E-state index contributed by atoms with van der Waals surface area (Å²) < 4.78 is 3.65. The van der Waals surface area contributed by atoms with Crippen molar-refractivity contribution in [1.82, 2.24) is 19.6 Å². The molecule has 1 saturated heterocycles. The Labute approximate surface area is 245 Å². The number of pyridine rings is 1. The quantitative estimate of drug-likeness (QED) is 0.116. The van der Waals surface area contributed by atoms with E-state index in [-0.39, 0.29) is 28.8 Å². The zero-order valence-corrected chi connectivity index (χ0v) is 23.9. The molecule has 5 N–H and O–H groups in total. The Balaban J connectivity index is 1.37. The number of fused-ring (bicyclic) bond motifs is 2. The molecule has 1 fully saturated rings. The first-order valence-electron chi connectivity index (χ1n) is 11.9. The molecule has 2 aliphatic rings. The smallest absolute Gasteiger partial charge is 0.352 e. The number of carbonyl (C=O) groups is 4. The summed E-state index contributed by atoms with van der Waals surface area (Å²) in [7, 11) is 0. The summed E-state index contributed by atoms with van der Waals surface area (Å²) in [6.45, 7) is 2.72. The van der Waals surface area contributed by atoms with E-state index in [0.29, 0.717) is 16.3 Å². The Bertz CT molecular complexity index is 1660. The fourth-order valence-corrected chi connectivity index (χ4v) is 6.28. The van der Waals surface area contributed by atoms with Crippen LogP contribution < -0.4 is 15.6 Å². The fourth-order valence-electron chi connectivity index (χ4n) is 4.23. The average molecular weight is 621 g/mol. The third-order valence-corrected chi connectivity index (χ3v) is 8.61. The van der Waals surface area contributed by atoms with E-state index >= 15 is 0 Å². The van der Waals surface area contributed by atoms with Crippen molar-refractivity contribution in [2.45, 2.75) is 37.4 Å². The Hall–Kier alpha value is -4.15. The van der Waals surface area contributed by atoms with Gasteiger partial charge >= 0.3 is 11.9 Å². The third kappa shape index (κ3) is 5.32. The number of hydrogen-bond acceptors (Lipinski definition) is 10. The number of aromatic nitrogens is 3. The van der Waals surface area contributed by atoms with Gasteiger partial charge in [-0.25, -0.2) is 23.5 Å². The third-order valence-electron chi connectivity index (χ3n) is 6.38. The molecule has 5 rings (SSSR count). The summed E-state index contributed by atoms with van der Waals surface area (Å²) >= 11 is 8.39. The number of anilines is 1. The maximum Gasteiger partial charge on any atom is 0.352 e. The number of carboxylic acid groups (broad SMARTS) is 2. The van der Waals surface area contributed by atoms with Crippen LogP contribution in [0.3, 0.4) is 0 Å². The minimum atomic E-state index is -1.76. The summed E-state index contributed by atoms with van der Waals surface area (Å²) in [5, 5.41) is 27.1. The first-order valence-corrected chi connectivity index (χ1v) is 14.3. The number of rotatable bonds is 9. The first-order chi connectivity index (χ1) is 19.4. The number of β-lactam (4-membered cyclic amide) rings is 1. The van der Waals surface area contributed by atoms with Crippen molar-refractivity contribution >= 4 is 74.9 Å². The van der Waals surface area contributed by atoms with Crippen molar-refractivity contribution < 1.29 is 38.8 Å². The van der Waals surface area contributed by atoms with Gasteiger partial charge in [0.05, 0.1) is 5.02 Å². The minimum Gasteiger partial charge on any atom is -0.478 e. The zero-order chi connectivity index (χ0) is 29.6. The summed E-state index contributed by atoms with van der Waals surface area (Å²) in [5.41, 5.74) is 4.73. The zero-order valence-electron chi connectivity index (χ0n) is 21.5. The molecular formula is C24H23ClN7O7S2+. The van der Waals surface area contributed by atoms with Gasteiger partial charge in [0.1, 0.15) is 47.9 Å². The van der Waals surface area contributed by atoms with Gasteiger partial charge < -0.3 is 26.1 Å². The molecule has 2 aliphatic heterocycles. The number of carbonyl (C=O) groups excluding carboxylic acids is 2. The van der Waals surface area contributed by atoms with Crippen molar-refractivity contribution in [2.75, 3.05) is 11.5 Å². The largest absolute Gasteiger partial charge is 0.478 e. The van der Waals surface area contributed by atoms with Crippen LogP contribution in [0.5, 0.6) is 0 Å². The molecule has 3 aromatic heterocycles. The lowest BCUT2D eigenvalue weighted by atomic mass is 10.0. The molecule has 14 nitrogen and oxygen atoms in total. The number of aliphatic carboxylic acids is 2. The molecule has 2 amide bonds. The molecule has 41 heavy (non-hydrogen) atoms. The molecule has 0 radical (unpaired) electrons. The maximum atomic E-state index is 13.2. The van der Waals surface area contributed by atoms with E-state index in [0.717, 1.165) is 21.9 Å². The minimum absolute atomic E-state index is 0.0256. The topological polar surface area (TPSA) is 193 Å². The number of oxime groups is 1. The van der Waals surface area contributed by atoms with Gasteiger partial charge in [0.25, 0.3) is 17.5 Å². The highest BCUT2D eigenvalue weighted by molar-refractivity contribution is 8.00. The first kappa shape index (κ1) is 28.4. The number of hydrogen-bond donors (Lipinski definition) is 4. The number of nitrogen functional groups attached to an aromatic ring is 1. The monoisotopic (exact) mass is 620 g/mol. The molecule has 3 aromatic rings. The molecule has 5 heterocycles. The lowest BCUT2D eigenvalue weighted by Gasteiger charge is -2.49. The molecular weight excluding hydrogens is 598 g/mol. The molecule has 2 atom stereocenters. The van der Waals surface area contributed by atoms with Gasteiger partial charge in [0.15, 0.2) is 10.8 Å². The standard InChI is InChI=1S/C24H22ClN7O7S2/c1-24(2,22(37)38)39-29-15(13-10-41-23(26)27-13)18(33)28-16-19(34)32-17(21(35)36)11(9-40-20(16)32)7-30-5-6-31-8-12(25)3-4-14(30)31/h3-6,8,10,16,20H,7,9H2,1-2H3,(H4-,26,27,28,33,35,36,37,38)/p+1/b29-15-/t16-,20-/m1/s1. The molecule has 0 bridgehead atoms. The van der Waals surface area contributed by atoms with Crippen molar-refractivity contribution in [3.8, 4) is 0 Å². The van der Waals surface area contributed by atoms with Crippen molar-refractivity contribution in [3.63, 3.8) is 0 Å². The second kappa shape index (κ2) is 10.7. The van der Waals surface area contributed by atoms with Crippen molar-refractivity contribution in [1.29, 1.82) is 0 Å². The van der Waals surface area contributed by atoms with Crippen molar-refractivity contribution in [2.24, 2.45) is 5.16 Å². The number of nitrogens with two attached hydrogens (primary N) is 1. The highest BCUT2D eigenvalue weighted by Gasteiger charge is 2.54. The maximum absolute atomic E-state index is 13.2. The van der Waals surface area contributed by atoms with E-state index in [1.807, 2.05) is 4.57 Å². The van der Waals surface area contributed by atoms with E-state index < -0.39 is 40.8 Å². The summed E-state index contributed by atoms with van der Waals surface area (Å²) in [6.07, 6.45) is 5.30. The van der Waals surface area contributed by atoms with Crippen LogP contribution in [0.2, 0.25) is 5.02 Å². The Morgan fingerprint density at radius 2 is 2.10 bits per heavy atom. The Morgan fingerprint density at radius 3 is 2.76 bits per heavy atom. The van der Waals surface area contributed by atoms with Gasteiger partial charge in [-0.3, -0.25) is 14.5 Å². The predicted octanol–water partition coefficient (Wildman–Crippen LogP) is 0.942. The molecule has 0 aromatic carbocycles. The van der Waals surface area contributed by atoms with E-state index in [2.05, 4.69) is 15.5 Å². The van der Waals surface area contributed by atoms with Crippen LogP contribution in [-0.2, 0) is 30.6 Å². The number of thiazole rings is 1. The molecule has 0 spiro atoms. The van der Waals surface area contributed by atoms with E-state index in [9.17, 15) is 29.4 Å². The van der Waals surface area contributed by atoms with Crippen LogP contribution >= 0.6 is 34.7 Å². The van der Waals surface area contributed by atoms with Crippen LogP contribution in [0.4, 0.5) is 5.13 Å².